The van der Waals surface area contributed by atoms with E-state index in [0.717, 1.165) is 0 Å². The number of β-amino-alcohol motifs (C(OH)–C–C–N with tert-alkyl or cyclic N) is 1. The van der Waals surface area contributed by atoms with Crippen LogP contribution in [0, 0.1) is 0 Å². The first-order valence-corrected chi connectivity index (χ1v) is 10.5. The highest BCUT2D eigenvalue weighted by Gasteiger charge is 2.43. The van der Waals surface area contributed by atoms with Gasteiger partial charge in [-0.1, -0.05) is 48.5 Å². The molecule has 27 heavy (non-hydrogen) atoms. The van der Waals surface area contributed by atoms with Gasteiger partial charge in [-0.25, -0.2) is 8.42 Å². The molecular formula is C20H23NO5S. The number of benzene rings is 2. The maximum Gasteiger partial charge on any atom is 0.223 e. The van der Waals surface area contributed by atoms with E-state index in [0.29, 0.717) is 5.56 Å². The number of rotatable bonds is 5. The molecule has 0 spiro atoms. The summed E-state index contributed by atoms with van der Waals surface area (Å²) in [6.45, 7) is 0.224. The minimum absolute atomic E-state index is 0.0321. The summed E-state index contributed by atoms with van der Waals surface area (Å²) in [6, 6.07) is 16.9. The highest BCUT2D eigenvalue weighted by atomic mass is 32.2. The molecule has 6 nitrogen and oxygen atoms in total. The first-order valence-electron chi connectivity index (χ1n) is 8.84. The van der Waals surface area contributed by atoms with Gasteiger partial charge in [-0.3, -0.25) is 4.79 Å². The number of aliphatic hydroxyl groups excluding tert-OH is 1. The van der Waals surface area contributed by atoms with E-state index in [1.54, 1.807) is 42.5 Å². The second-order valence-electron chi connectivity index (χ2n) is 6.78. The minimum Gasteiger partial charge on any atom is -0.388 e. The van der Waals surface area contributed by atoms with Crippen LogP contribution >= 0.6 is 0 Å². The smallest absolute Gasteiger partial charge is 0.223 e. The topological polar surface area (TPSA) is 94.9 Å². The number of likely N-dealkylation sites (tertiary alicyclic amines) is 1. The van der Waals surface area contributed by atoms with E-state index in [9.17, 15) is 23.4 Å². The molecule has 2 N–H and O–H groups in total. The number of nitrogens with zero attached hydrogens (tertiary/aromatic N) is 1. The van der Waals surface area contributed by atoms with Crippen molar-refractivity contribution in [3.05, 3.63) is 66.2 Å². The molecule has 1 saturated heterocycles. The summed E-state index contributed by atoms with van der Waals surface area (Å²) in [4.78, 5) is 14.0. The largest absolute Gasteiger partial charge is 0.388 e. The van der Waals surface area contributed by atoms with Crippen molar-refractivity contribution in [2.45, 2.75) is 29.4 Å². The Hall–Kier alpha value is -2.22. The van der Waals surface area contributed by atoms with E-state index < -0.39 is 21.5 Å². The third-order valence-electron chi connectivity index (χ3n) is 5.02. The van der Waals surface area contributed by atoms with E-state index in [-0.39, 0.29) is 42.5 Å². The van der Waals surface area contributed by atoms with Crippen LogP contribution in [0.4, 0.5) is 0 Å². The summed E-state index contributed by atoms with van der Waals surface area (Å²) < 4.78 is 24.6. The number of piperidine rings is 1. The molecule has 1 fully saturated rings. The summed E-state index contributed by atoms with van der Waals surface area (Å²) in [5.41, 5.74) is -0.801. The van der Waals surface area contributed by atoms with Crippen molar-refractivity contribution in [2.24, 2.45) is 0 Å². The molecule has 2 aromatic rings. The molecule has 0 bridgehead atoms. The molecular weight excluding hydrogens is 366 g/mol. The Bertz CT molecular complexity index is 885. The summed E-state index contributed by atoms with van der Waals surface area (Å²) in [6.07, 6.45) is -1.10. The van der Waals surface area contributed by atoms with Gasteiger partial charge in [-0.15, -0.1) is 0 Å². The van der Waals surface area contributed by atoms with Crippen molar-refractivity contribution >= 4 is 15.7 Å². The molecule has 0 radical (unpaired) electrons. The zero-order chi connectivity index (χ0) is 19.5. The van der Waals surface area contributed by atoms with Crippen molar-refractivity contribution in [1.29, 1.82) is 0 Å². The second kappa shape index (κ2) is 7.80. The lowest BCUT2D eigenvalue weighted by Gasteiger charge is -2.42. The standard InChI is InChI=1S/C20H23NO5S/c22-18-15-21(13-12-20(18,24)16-7-3-1-4-8-16)19(23)11-14-27(25,26)17-9-5-2-6-10-17/h1-10,18,22,24H,11-15H2/t18-,20-/m0/s1. The molecule has 7 heteroatoms. The average molecular weight is 389 g/mol. The Morgan fingerprint density at radius 2 is 1.67 bits per heavy atom. The van der Waals surface area contributed by atoms with Gasteiger partial charge in [-0.05, 0) is 17.7 Å². The average Bonchev–Trinajstić information content (AvgIpc) is 2.69. The molecule has 1 heterocycles. The van der Waals surface area contributed by atoms with Gasteiger partial charge < -0.3 is 15.1 Å². The zero-order valence-corrected chi connectivity index (χ0v) is 15.7. The number of aliphatic hydroxyl groups is 2. The van der Waals surface area contributed by atoms with Gasteiger partial charge in [0.05, 0.1) is 10.6 Å². The molecule has 0 aromatic heterocycles. The maximum absolute atomic E-state index is 12.4. The zero-order valence-electron chi connectivity index (χ0n) is 14.9. The van der Waals surface area contributed by atoms with Crippen LogP contribution in [0.1, 0.15) is 18.4 Å². The Balaban J connectivity index is 1.61. The van der Waals surface area contributed by atoms with Crippen LogP contribution in [0.3, 0.4) is 0 Å². The Morgan fingerprint density at radius 1 is 1.07 bits per heavy atom. The molecule has 144 valence electrons. The van der Waals surface area contributed by atoms with Crippen LogP contribution in [0.5, 0.6) is 0 Å². The fourth-order valence-corrected chi connectivity index (χ4v) is 4.59. The third-order valence-corrected chi connectivity index (χ3v) is 6.75. The quantitative estimate of drug-likeness (QED) is 0.805. The number of amides is 1. The number of sulfone groups is 1. The van der Waals surface area contributed by atoms with Gasteiger partial charge in [-0.2, -0.15) is 0 Å². The van der Waals surface area contributed by atoms with Gasteiger partial charge in [0, 0.05) is 25.9 Å². The van der Waals surface area contributed by atoms with E-state index >= 15 is 0 Å². The van der Waals surface area contributed by atoms with Crippen molar-refractivity contribution in [3.8, 4) is 0 Å². The van der Waals surface area contributed by atoms with Crippen LogP contribution in [0.2, 0.25) is 0 Å². The Morgan fingerprint density at radius 3 is 2.26 bits per heavy atom. The van der Waals surface area contributed by atoms with Crippen LogP contribution < -0.4 is 0 Å². The van der Waals surface area contributed by atoms with Gasteiger partial charge in [0.2, 0.25) is 5.91 Å². The SMILES string of the molecule is O=C(CCS(=O)(=O)c1ccccc1)N1CC[C@](O)(c2ccccc2)[C@@H](O)C1. The summed E-state index contributed by atoms with van der Waals surface area (Å²) >= 11 is 0. The normalized spacial score (nSPS) is 23.2. The Kier molecular flexibility index (Phi) is 5.64. The summed E-state index contributed by atoms with van der Waals surface area (Å²) in [7, 11) is -3.53. The number of hydrogen-bond acceptors (Lipinski definition) is 5. The van der Waals surface area contributed by atoms with Crippen LogP contribution in [0.15, 0.2) is 65.6 Å². The predicted molar refractivity (Wildman–Crippen MR) is 101 cm³/mol. The van der Waals surface area contributed by atoms with Crippen molar-refractivity contribution in [3.63, 3.8) is 0 Å². The van der Waals surface area contributed by atoms with Crippen molar-refractivity contribution in [2.75, 3.05) is 18.8 Å². The summed E-state index contributed by atoms with van der Waals surface area (Å²) in [5, 5.41) is 21.3. The van der Waals surface area contributed by atoms with Crippen LogP contribution in [-0.4, -0.2) is 54.4 Å². The first-order chi connectivity index (χ1) is 12.8. The van der Waals surface area contributed by atoms with Gasteiger partial charge >= 0.3 is 0 Å². The van der Waals surface area contributed by atoms with Gasteiger partial charge in [0.1, 0.15) is 11.7 Å². The molecule has 1 aliphatic rings. The van der Waals surface area contributed by atoms with Gasteiger partial charge in [0.25, 0.3) is 0 Å². The maximum atomic E-state index is 12.4. The van der Waals surface area contributed by atoms with E-state index in [1.807, 2.05) is 6.07 Å². The molecule has 1 aliphatic heterocycles. The Labute approximate surface area is 159 Å². The lowest BCUT2D eigenvalue weighted by atomic mass is 9.82. The molecule has 1 amide bonds. The highest BCUT2D eigenvalue weighted by Crippen LogP contribution is 2.33. The first kappa shape index (κ1) is 19.5. The molecule has 3 rings (SSSR count). The fraction of sp³-hybridized carbons (Fsp3) is 0.350. The molecule has 0 unspecified atom stereocenters. The minimum atomic E-state index is -3.53. The molecule has 0 saturated carbocycles. The lowest BCUT2D eigenvalue weighted by Crippen LogP contribution is -2.55. The van der Waals surface area contributed by atoms with Crippen molar-refractivity contribution in [1.82, 2.24) is 4.90 Å². The van der Waals surface area contributed by atoms with E-state index in [4.69, 9.17) is 0 Å². The van der Waals surface area contributed by atoms with Crippen LogP contribution in [-0.2, 0) is 20.2 Å². The second-order valence-corrected chi connectivity index (χ2v) is 8.89. The molecule has 2 aromatic carbocycles. The third kappa shape index (κ3) is 4.21. The molecule has 0 aliphatic carbocycles. The van der Waals surface area contributed by atoms with Gasteiger partial charge in [0.15, 0.2) is 9.84 Å². The molecule has 2 atom stereocenters. The number of hydrogen-bond donors (Lipinski definition) is 2. The van der Waals surface area contributed by atoms with E-state index in [2.05, 4.69) is 0 Å². The van der Waals surface area contributed by atoms with Crippen LogP contribution in [0.25, 0.3) is 0 Å². The van der Waals surface area contributed by atoms with Crippen molar-refractivity contribution < 1.29 is 23.4 Å². The lowest BCUT2D eigenvalue weighted by molar-refractivity contribution is -0.151. The number of carbonyl (C=O) groups excluding carboxylic acids is 1. The highest BCUT2D eigenvalue weighted by molar-refractivity contribution is 7.91. The monoisotopic (exact) mass is 389 g/mol. The number of carbonyl (C=O) groups is 1. The van der Waals surface area contributed by atoms with E-state index in [1.165, 1.54) is 17.0 Å². The summed E-state index contributed by atoms with van der Waals surface area (Å²) in [5.74, 6) is -0.630. The predicted octanol–water partition coefficient (Wildman–Crippen LogP) is 1.33. The fourth-order valence-electron chi connectivity index (χ4n) is 3.34.